The van der Waals surface area contributed by atoms with Gasteiger partial charge in [0, 0.05) is 18.4 Å². The maximum atomic E-state index is 13.3. The molecule has 1 aliphatic rings. The molecule has 0 aliphatic heterocycles. The number of hydrogen-bond donors (Lipinski definition) is 1. The van der Waals surface area contributed by atoms with Gasteiger partial charge in [-0.25, -0.2) is 13.2 Å². The minimum absolute atomic E-state index is 0.197. The number of rotatable bonds is 1. The van der Waals surface area contributed by atoms with Crippen molar-refractivity contribution in [2.45, 2.75) is 44.1 Å². The van der Waals surface area contributed by atoms with Crippen LogP contribution in [-0.4, -0.2) is 5.92 Å². The molecule has 0 aromatic heterocycles. The second-order valence-electron chi connectivity index (χ2n) is 5.03. The largest absolute Gasteiger partial charge is 0.321 e. The van der Waals surface area contributed by atoms with Crippen LogP contribution in [0.4, 0.5) is 13.2 Å². The minimum atomic E-state index is -2.62. The highest BCUT2D eigenvalue weighted by molar-refractivity contribution is 5.30. The predicted octanol–water partition coefficient (Wildman–Crippen LogP) is 3.50. The van der Waals surface area contributed by atoms with Crippen molar-refractivity contribution in [2.24, 2.45) is 5.73 Å². The Balaban J connectivity index is 2.27. The van der Waals surface area contributed by atoms with Crippen molar-refractivity contribution in [3.8, 4) is 0 Å². The molecule has 1 saturated carbocycles. The lowest BCUT2D eigenvalue weighted by Gasteiger charge is -2.37. The monoisotopic (exact) mass is 243 g/mol. The number of benzene rings is 1. The fourth-order valence-corrected chi connectivity index (χ4v) is 2.37. The van der Waals surface area contributed by atoms with Crippen LogP contribution in [0.5, 0.6) is 0 Å². The van der Waals surface area contributed by atoms with Gasteiger partial charge in [-0.2, -0.15) is 0 Å². The molecule has 1 nitrogen and oxygen atoms in total. The van der Waals surface area contributed by atoms with Crippen LogP contribution in [-0.2, 0) is 5.54 Å². The van der Waals surface area contributed by atoms with Gasteiger partial charge in [0.15, 0.2) is 0 Å². The van der Waals surface area contributed by atoms with E-state index in [9.17, 15) is 13.2 Å². The van der Waals surface area contributed by atoms with Crippen LogP contribution in [0.3, 0.4) is 0 Å². The molecular formula is C13H16F3N. The van der Waals surface area contributed by atoms with Gasteiger partial charge in [0.25, 0.3) is 0 Å². The van der Waals surface area contributed by atoms with Crippen LogP contribution in [0.25, 0.3) is 0 Å². The van der Waals surface area contributed by atoms with E-state index in [1.165, 1.54) is 12.1 Å². The van der Waals surface area contributed by atoms with Crippen molar-refractivity contribution in [3.63, 3.8) is 0 Å². The van der Waals surface area contributed by atoms with E-state index in [0.29, 0.717) is 5.56 Å². The van der Waals surface area contributed by atoms with E-state index in [2.05, 4.69) is 0 Å². The topological polar surface area (TPSA) is 26.0 Å². The number of halogens is 3. The van der Waals surface area contributed by atoms with Crippen molar-refractivity contribution in [3.05, 3.63) is 35.1 Å². The zero-order chi connectivity index (χ0) is 12.7. The lowest BCUT2D eigenvalue weighted by Crippen LogP contribution is -2.43. The fourth-order valence-electron chi connectivity index (χ4n) is 2.37. The highest BCUT2D eigenvalue weighted by atomic mass is 19.3. The Hall–Kier alpha value is -1.03. The highest BCUT2D eigenvalue weighted by Gasteiger charge is 2.42. The summed E-state index contributed by atoms with van der Waals surface area (Å²) in [6.45, 7) is 1.77. The maximum absolute atomic E-state index is 13.3. The zero-order valence-corrected chi connectivity index (χ0v) is 9.77. The predicted molar refractivity (Wildman–Crippen MR) is 60.4 cm³/mol. The Morgan fingerprint density at radius 3 is 2.18 bits per heavy atom. The average molecular weight is 243 g/mol. The van der Waals surface area contributed by atoms with Crippen LogP contribution in [0.2, 0.25) is 0 Å². The number of nitrogens with two attached hydrogens (primary N) is 1. The van der Waals surface area contributed by atoms with Crippen LogP contribution >= 0.6 is 0 Å². The van der Waals surface area contributed by atoms with Gasteiger partial charge in [0.2, 0.25) is 5.92 Å². The molecule has 0 heterocycles. The lowest BCUT2D eigenvalue weighted by molar-refractivity contribution is -0.0514. The highest BCUT2D eigenvalue weighted by Crippen LogP contribution is 2.42. The zero-order valence-electron chi connectivity index (χ0n) is 9.77. The summed E-state index contributed by atoms with van der Waals surface area (Å²) >= 11 is 0. The maximum Gasteiger partial charge on any atom is 0.248 e. The molecule has 0 amide bonds. The van der Waals surface area contributed by atoms with Crippen LogP contribution in [0.1, 0.15) is 36.8 Å². The number of hydrogen-bond acceptors (Lipinski definition) is 1. The van der Waals surface area contributed by atoms with E-state index < -0.39 is 11.5 Å². The fraction of sp³-hybridized carbons (Fsp3) is 0.538. The first-order valence-corrected chi connectivity index (χ1v) is 5.75. The standard InChI is InChI=1S/C13H16F3N/c1-9-6-10(8-11(14)7-9)12(17)2-4-13(15,16)5-3-12/h6-8H,2-5,17H2,1H3. The third-order valence-corrected chi connectivity index (χ3v) is 3.49. The van der Waals surface area contributed by atoms with Gasteiger partial charge in [-0.3, -0.25) is 0 Å². The van der Waals surface area contributed by atoms with E-state index >= 15 is 0 Å². The molecular weight excluding hydrogens is 227 g/mol. The molecule has 2 N–H and O–H groups in total. The minimum Gasteiger partial charge on any atom is -0.321 e. The summed E-state index contributed by atoms with van der Waals surface area (Å²) in [6.07, 6.45) is -0.0517. The summed E-state index contributed by atoms with van der Waals surface area (Å²) in [5.41, 5.74) is 6.72. The van der Waals surface area contributed by atoms with Crippen molar-refractivity contribution < 1.29 is 13.2 Å². The molecule has 0 atom stereocenters. The molecule has 0 saturated heterocycles. The Labute approximate surface area is 98.8 Å². The SMILES string of the molecule is Cc1cc(F)cc(C2(N)CCC(F)(F)CC2)c1. The van der Waals surface area contributed by atoms with Crippen molar-refractivity contribution >= 4 is 0 Å². The summed E-state index contributed by atoms with van der Waals surface area (Å²) < 4.78 is 39.5. The first kappa shape index (κ1) is 12.4. The molecule has 1 aliphatic carbocycles. The van der Waals surface area contributed by atoms with E-state index in [4.69, 9.17) is 5.73 Å². The lowest BCUT2D eigenvalue weighted by atomic mass is 9.76. The van der Waals surface area contributed by atoms with Gasteiger partial charge in [0.05, 0.1) is 0 Å². The smallest absolute Gasteiger partial charge is 0.248 e. The molecule has 1 aromatic rings. The van der Waals surface area contributed by atoms with E-state index in [1.807, 2.05) is 0 Å². The first-order chi connectivity index (χ1) is 7.81. The second-order valence-corrected chi connectivity index (χ2v) is 5.03. The average Bonchev–Trinajstić information content (AvgIpc) is 2.22. The van der Waals surface area contributed by atoms with Crippen LogP contribution in [0, 0.1) is 12.7 Å². The summed E-state index contributed by atoms with van der Waals surface area (Å²) in [5.74, 6) is -2.98. The van der Waals surface area contributed by atoms with Gasteiger partial charge in [0.1, 0.15) is 5.82 Å². The number of aryl methyl sites for hydroxylation is 1. The third-order valence-electron chi connectivity index (χ3n) is 3.49. The first-order valence-electron chi connectivity index (χ1n) is 5.75. The van der Waals surface area contributed by atoms with Gasteiger partial charge < -0.3 is 5.73 Å². The summed E-state index contributed by atoms with van der Waals surface area (Å²) in [7, 11) is 0. The van der Waals surface area contributed by atoms with Crippen LogP contribution in [0.15, 0.2) is 18.2 Å². The Kier molecular flexibility index (Phi) is 2.94. The molecule has 1 aromatic carbocycles. The molecule has 2 rings (SSSR count). The van der Waals surface area contributed by atoms with Crippen molar-refractivity contribution in [1.82, 2.24) is 0 Å². The van der Waals surface area contributed by atoms with Gasteiger partial charge >= 0.3 is 0 Å². The Morgan fingerprint density at radius 1 is 1.06 bits per heavy atom. The normalized spacial score (nSPS) is 22.4. The molecule has 0 radical (unpaired) electrons. The summed E-state index contributed by atoms with van der Waals surface area (Å²) in [4.78, 5) is 0. The molecule has 94 valence electrons. The molecule has 1 fully saturated rings. The van der Waals surface area contributed by atoms with Gasteiger partial charge in [-0.1, -0.05) is 6.07 Å². The van der Waals surface area contributed by atoms with E-state index in [1.54, 1.807) is 13.0 Å². The second kappa shape index (κ2) is 4.02. The van der Waals surface area contributed by atoms with Crippen molar-refractivity contribution in [1.29, 1.82) is 0 Å². The molecule has 17 heavy (non-hydrogen) atoms. The number of alkyl halides is 2. The Bertz CT molecular complexity index is 398. The van der Waals surface area contributed by atoms with Gasteiger partial charge in [-0.05, 0) is 43.0 Å². The molecule has 4 heteroatoms. The van der Waals surface area contributed by atoms with E-state index in [-0.39, 0.29) is 31.5 Å². The van der Waals surface area contributed by atoms with Crippen LogP contribution < -0.4 is 5.73 Å². The third kappa shape index (κ3) is 2.63. The van der Waals surface area contributed by atoms with E-state index in [0.717, 1.165) is 5.56 Å². The quantitative estimate of drug-likeness (QED) is 0.802. The Morgan fingerprint density at radius 2 is 1.65 bits per heavy atom. The molecule has 0 unspecified atom stereocenters. The summed E-state index contributed by atoms with van der Waals surface area (Å²) in [6, 6.07) is 4.55. The molecule has 0 spiro atoms. The van der Waals surface area contributed by atoms with Gasteiger partial charge in [-0.15, -0.1) is 0 Å². The van der Waals surface area contributed by atoms with Crippen molar-refractivity contribution in [2.75, 3.05) is 0 Å². The molecule has 0 bridgehead atoms. The summed E-state index contributed by atoms with van der Waals surface area (Å²) in [5, 5.41) is 0.